The molecule has 116 valence electrons. The van der Waals surface area contributed by atoms with Crippen LogP contribution in [0.4, 0.5) is 0 Å². The molecule has 0 saturated carbocycles. The smallest absolute Gasteiger partial charge is 0.293 e. The Morgan fingerprint density at radius 1 is 1.18 bits per heavy atom. The predicted molar refractivity (Wildman–Crippen MR) is 86.1 cm³/mol. The van der Waals surface area contributed by atoms with Crippen molar-refractivity contribution >= 4 is 23.2 Å². The summed E-state index contributed by atoms with van der Waals surface area (Å²) in [5, 5.41) is 4.00. The fourth-order valence-electron chi connectivity index (χ4n) is 2.09. The first kappa shape index (κ1) is 16.2. The first-order valence-corrected chi connectivity index (χ1v) is 7.93. The Kier molecular flexibility index (Phi) is 5.68. The summed E-state index contributed by atoms with van der Waals surface area (Å²) in [4.78, 5) is 23.7. The maximum atomic E-state index is 11.8. The molecular weight excluding hydrogens is 298 g/mol. The molecule has 0 fully saturated rings. The van der Waals surface area contributed by atoms with E-state index in [1.807, 2.05) is 16.8 Å². The van der Waals surface area contributed by atoms with Gasteiger partial charge in [0.25, 0.3) is 5.91 Å². The second kappa shape index (κ2) is 7.72. The van der Waals surface area contributed by atoms with Gasteiger partial charge in [0.05, 0.1) is 4.88 Å². The van der Waals surface area contributed by atoms with Gasteiger partial charge in [-0.25, -0.2) is 0 Å². The van der Waals surface area contributed by atoms with E-state index in [0.29, 0.717) is 0 Å². The standard InChI is InChI=1S/C16H19N3O2S/c1-11-5-7-13(8-6-11)16(14-4-3-9-22-14)17-10-15(21)19-18-12(2)20/h3-9,16-17H,10H2,1-2H3,(H,18,20)(H,19,21)/p+1/t16-/m1/s1. The quantitative estimate of drug-likeness (QED) is 0.716. The number of benzene rings is 1. The highest BCUT2D eigenvalue weighted by molar-refractivity contribution is 7.10. The number of quaternary nitrogens is 1. The van der Waals surface area contributed by atoms with E-state index in [1.165, 1.54) is 17.4 Å². The SMILES string of the molecule is CC(=O)NNC(=O)C[NH2+][C@H](c1ccc(C)cc1)c1cccs1. The van der Waals surface area contributed by atoms with Gasteiger partial charge in [-0.05, 0) is 18.4 Å². The lowest BCUT2D eigenvalue weighted by Crippen LogP contribution is -2.88. The lowest BCUT2D eigenvalue weighted by atomic mass is 10.0. The molecule has 2 amide bonds. The third kappa shape index (κ3) is 4.68. The molecule has 4 N–H and O–H groups in total. The minimum atomic E-state index is -0.290. The number of hydrogen-bond acceptors (Lipinski definition) is 3. The van der Waals surface area contributed by atoms with Crippen LogP contribution in [0.15, 0.2) is 41.8 Å². The number of nitrogens with one attached hydrogen (secondary N) is 2. The van der Waals surface area contributed by atoms with E-state index in [0.717, 1.165) is 5.56 Å². The Bertz CT molecular complexity index is 623. The number of amides is 2. The molecule has 0 radical (unpaired) electrons. The summed E-state index contributed by atoms with van der Waals surface area (Å²) in [5.74, 6) is -0.523. The van der Waals surface area contributed by atoms with Gasteiger partial charge in [0.15, 0.2) is 6.54 Å². The fourth-order valence-corrected chi connectivity index (χ4v) is 2.94. The number of carbonyl (C=O) groups is 2. The summed E-state index contributed by atoms with van der Waals surface area (Å²) in [7, 11) is 0. The average Bonchev–Trinajstić information content (AvgIpc) is 3.01. The normalized spacial score (nSPS) is 11.7. The molecule has 0 spiro atoms. The molecule has 1 heterocycles. The van der Waals surface area contributed by atoms with Gasteiger partial charge in [0.2, 0.25) is 5.91 Å². The van der Waals surface area contributed by atoms with Crippen molar-refractivity contribution in [2.45, 2.75) is 19.9 Å². The summed E-state index contributed by atoms with van der Waals surface area (Å²) >= 11 is 1.67. The molecule has 1 aromatic carbocycles. The maximum absolute atomic E-state index is 11.8. The number of thiophene rings is 1. The zero-order chi connectivity index (χ0) is 15.9. The number of hydrazine groups is 1. The van der Waals surface area contributed by atoms with Crippen molar-refractivity contribution in [1.82, 2.24) is 10.9 Å². The van der Waals surface area contributed by atoms with Crippen LogP contribution in [-0.4, -0.2) is 18.4 Å². The largest absolute Gasteiger partial charge is 0.328 e. The van der Waals surface area contributed by atoms with Crippen molar-refractivity contribution in [2.75, 3.05) is 6.54 Å². The van der Waals surface area contributed by atoms with Crippen molar-refractivity contribution in [2.24, 2.45) is 0 Å². The van der Waals surface area contributed by atoms with Crippen LogP contribution in [0.1, 0.15) is 29.0 Å². The Morgan fingerprint density at radius 2 is 1.91 bits per heavy atom. The number of aryl methyl sites for hydroxylation is 1. The molecule has 6 heteroatoms. The lowest BCUT2D eigenvalue weighted by molar-refractivity contribution is -0.676. The van der Waals surface area contributed by atoms with Crippen molar-refractivity contribution < 1.29 is 14.9 Å². The highest BCUT2D eigenvalue weighted by Crippen LogP contribution is 2.22. The molecule has 0 bridgehead atoms. The summed E-state index contributed by atoms with van der Waals surface area (Å²) in [6, 6.07) is 12.5. The third-order valence-electron chi connectivity index (χ3n) is 3.20. The molecule has 5 nitrogen and oxygen atoms in total. The molecule has 22 heavy (non-hydrogen) atoms. The minimum Gasteiger partial charge on any atom is -0.328 e. The van der Waals surface area contributed by atoms with Gasteiger partial charge in [0, 0.05) is 12.5 Å². The van der Waals surface area contributed by atoms with E-state index in [-0.39, 0.29) is 24.4 Å². The highest BCUT2D eigenvalue weighted by atomic mass is 32.1. The van der Waals surface area contributed by atoms with Crippen molar-refractivity contribution in [3.63, 3.8) is 0 Å². The molecule has 0 aliphatic carbocycles. The van der Waals surface area contributed by atoms with Crippen LogP contribution in [-0.2, 0) is 9.59 Å². The lowest BCUT2D eigenvalue weighted by Gasteiger charge is -2.15. The van der Waals surface area contributed by atoms with Crippen LogP contribution >= 0.6 is 11.3 Å². The first-order valence-electron chi connectivity index (χ1n) is 7.05. The summed E-state index contributed by atoms with van der Waals surface area (Å²) in [6.07, 6.45) is 0. The summed E-state index contributed by atoms with van der Waals surface area (Å²) in [6.45, 7) is 3.63. The molecule has 1 atom stereocenters. The number of nitrogens with two attached hydrogens (primary N) is 1. The molecule has 0 saturated heterocycles. The van der Waals surface area contributed by atoms with Crippen LogP contribution in [0.3, 0.4) is 0 Å². The van der Waals surface area contributed by atoms with Crippen LogP contribution < -0.4 is 16.2 Å². The van der Waals surface area contributed by atoms with Gasteiger partial charge in [0.1, 0.15) is 6.04 Å². The minimum absolute atomic E-state index is 0.0729. The Labute approximate surface area is 133 Å². The number of rotatable bonds is 5. The molecule has 0 unspecified atom stereocenters. The third-order valence-corrected chi connectivity index (χ3v) is 4.16. The zero-order valence-electron chi connectivity index (χ0n) is 12.6. The number of hydrogen-bond donors (Lipinski definition) is 3. The van der Waals surface area contributed by atoms with Gasteiger partial charge in [-0.1, -0.05) is 35.9 Å². The fraction of sp³-hybridized carbons (Fsp3) is 0.250. The predicted octanol–water partition coefficient (Wildman–Crippen LogP) is 0.877. The van der Waals surface area contributed by atoms with Crippen molar-refractivity contribution in [3.8, 4) is 0 Å². The molecule has 0 aliphatic heterocycles. The van der Waals surface area contributed by atoms with Gasteiger partial charge >= 0.3 is 0 Å². The first-order chi connectivity index (χ1) is 10.6. The molecule has 2 rings (SSSR count). The second-order valence-electron chi connectivity index (χ2n) is 5.07. The van der Waals surface area contributed by atoms with E-state index >= 15 is 0 Å². The van der Waals surface area contributed by atoms with E-state index in [4.69, 9.17) is 0 Å². The topological polar surface area (TPSA) is 74.8 Å². The zero-order valence-corrected chi connectivity index (χ0v) is 13.4. The van der Waals surface area contributed by atoms with Crippen LogP contribution in [0.2, 0.25) is 0 Å². The Morgan fingerprint density at radius 3 is 2.50 bits per heavy atom. The highest BCUT2D eigenvalue weighted by Gasteiger charge is 2.19. The van der Waals surface area contributed by atoms with Gasteiger partial charge in [-0.15, -0.1) is 11.3 Å². The van der Waals surface area contributed by atoms with E-state index in [2.05, 4.69) is 48.1 Å². The van der Waals surface area contributed by atoms with Crippen LogP contribution in [0.5, 0.6) is 0 Å². The van der Waals surface area contributed by atoms with Gasteiger partial charge in [-0.2, -0.15) is 0 Å². The van der Waals surface area contributed by atoms with Gasteiger partial charge < -0.3 is 5.32 Å². The average molecular weight is 318 g/mol. The summed E-state index contributed by atoms with van der Waals surface area (Å²) in [5.41, 5.74) is 7.03. The second-order valence-corrected chi connectivity index (χ2v) is 6.05. The molecule has 1 aromatic heterocycles. The van der Waals surface area contributed by atoms with E-state index in [1.54, 1.807) is 11.3 Å². The van der Waals surface area contributed by atoms with Crippen LogP contribution in [0.25, 0.3) is 0 Å². The molecular formula is C16H20N3O2S+. The van der Waals surface area contributed by atoms with Gasteiger partial charge in [-0.3, -0.25) is 20.4 Å². The Balaban J connectivity index is 2.05. The molecule has 0 aliphatic rings. The maximum Gasteiger partial charge on any atom is 0.293 e. The number of carbonyl (C=O) groups excluding carboxylic acids is 2. The molecule has 2 aromatic rings. The Hall–Kier alpha value is -2.18. The van der Waals surface area contributed by atoms with E-state index in [9.17, 15) is 9.59 Å². The van der Waals surface area contributed by atoms with Crippen molar-refractivity contribution in [1.29, 1.82) is 0 Å². The van der Waals surface area contributed by atoms with Crippen LogP contribution in [0, 0.1) is 6.92 Å². The van der Waals surface area contributed by atoms with Crippen molar-refractivity contribution in [3.05, 3.63) is 57.8 Å². The summed E-state index contributed by atoms with van der Waals surface area (Å²) < 4.78 is 0. The monoisotopic (exact) mass is 318 g/mol. The van der Waals surface area contributed by atoms with E-state index < -0.39 is 0 Å².